The van der Waals surface area contributed by atoms with Gasteiger partial charge in [0.25, 0.3) is 0 Å². The normalized spacial score (nSPS) is 11.4. The fraction of sp³-hybridized carbons (Fsp3) is 0.333. The average molecular weight is 196 g/mol. The zero-order chi connectivity index (χ0) is 10.6. The third-order valence-corrected chi connectivity index (χ3v) is 1.76. The van der Waals surface area contributed by atoms with E-state index in [1.165, 1.54) is 7.11 Å². The standard InChI is InChI=1S/C9H12N2O3/c1-11-5-7(4-10-11)3-8(6-12)9(13)14-2/h4-6,12H,3H2,1-2H3/b8-6+. The van der Waals surface area contributed by atoms with Crippen LogP contribution in [-0.2, 0) is 23.0 Å². The van der Waals surface area contributed by atoms with E-state index in [1.807, 2.05) is 0 Å². The van der Waals surface area contributed by atoms with Gasteiger partial charge in [0, 0.05) is 19.7 Å². The molecule has 0 atom stereocenters. The number of aryl methyl sites for hydroxylation is 1. The molecule has 0 aromatic carbocycles. The minimum Gasteiger partial charge on any atom is -0.515 e. The summed E-state index contributed by atoms with van der Waals surface area (Å²) < 4.78 is 6.11. The number of carbonyl (C=O) groups is 1. The molecule has 0 unspecified atom stereocenters. The lowest BCUT2D eigenvalue weighted by molar-refractivity contribution is -0.136. The molecule has 0 aliphatic rings. The van der Waals surface area contributed by atoms with Crippen molar-refractivity contribution in [3.05, 3.63) is 29.8 Å². The molecule has 1 heterocycles. The summed E-state index contributed by atoms with van der Waals surface area (Å²) in [6.45, 7) is 0. The molecular formula is C9H12N2O3. The fourth-order valence-electron chi connectivity index (χ4n) is 1.08. The second-order valence-electron chi connectivity index (χ2n) is 2.84. The number of methoxy groups -OCH3 is 1. The van der Waals surface area contributed by atoms with E-state index in [0.717, 1.165) is 11.8 Å². The van der Waals surface area contributed by atoms with E-state index in [0.29, 0.717) is 6.42 Å². The summed E-state index contributed by atoms with van der Waals surface area (Å²) in [7, 11) is 3.05. The van der Waals surface area contributed by atoms with Gasteiger partial charge in [-0.2, -0.15) is 5.10 Å². The molecule has 14 heavy (non-hydrogen) atoms. The minimum absolute atomic E-state index is 0.209. The summed E-state index contributed by atoms with van der Waals surface area (Å²) in [6, 6.07) is 0. The largest absolute Gasteiger partial charge is 0.515 e. The topological polar surface area (TPSA) is 64.3 Å². The van der Waals surface area contributed by atoms with E-state index < -0.39 is 5.97 Å². The molecule has 0 radical (unpaired) electrons. The van der Waals surface area contributed by atoms with Crippen molar-refractivity contribution in [2.45, 2.75) is 6.42 Å². The SMILES string of the molecule is COC(=O)/C(=C/O)Cc1cnn(C)c1. The van der Waals surface area contributed by atoms with Gasteiger partial charge in [-0.25, -0.2) is 4.79 Å². The highest BCUT2D eigenvalue weighted by Crippen LogP contribution is 2.07. The molecule has 0 spiro atoms. The smallest absolute Gasteiger partial charge is 0.337 e. The zero-order valence-corrected chi connectivity index (χ0v) is 8.10. The summed E-state index contributed by atoms with van der Waals surface area (Å²) in [4.78, 5) is 11.1. The highest BCUT2D eigenvalue weighted by atomic mass is 16.5. The molecular weight excluding hydrogens is 184 g/mol. The summed E-state index contributed by atoms with van der Waals surface area (Å²) in [5.74, 6) is -0.531. The van der Waals surface area contributed by atoms with E-state index in [1.54, 1.807) is 24.1 Å². The van der Waals surface area contributed by atoms with Crippen LogP contribution in [0.25, 0.3) is 0 Å². The highest BCUT2D eigenvalue weighted by Gasteiger charge is 2.11. The van der Waals surface area contributed by atoms with E-state index in [4.69, 9.17) is 5.11 Å². The molecule has 1 rings (SSSR count). The quantitative estimate of drug-likeness (QED) is 0.436. The first-order valence-electron chi connectivity index (χ1n) is 4.06. The second kappa shape index (κ2) is 4.45. The van der Waals surface area contributed by atoms with Gasteiger partial charge < -0.3 is 9.84 Å². The maximum atomic E-state index is 11.1. The van der Waals surface area contributed by atoms with Crippen LogP contribution < -0.4 is 0 Å². The predicted octanol–water partition coefficient (Wildman–Crippen LogP) is 0.577. The van der Waals surface area contributed by atoms with Gasteiger partial charge in [-0.15, -0.1) is 0 Å². The summed E-state index contributed by atoms with van der Waals surface area (Å²) in [6.07, 6.45) is 4.48. The van der Waals surface area contributed by atoms with E-state index in [2.05, 4.69) is 9.84 Å². The third kappa shape index (κ3) is 2.35. The second-order valence-corrected chi connectivity index (χ2v) is 2.84. The van der Waals surface area contributed by atoms with Crippen molar-refractivity contribution in [1.29, 1.82) is 0 Å². The van der Waals surface area contributed by atoms with E-state index in [-0.39, 0.29) is 5.57 Å². The van der Waals surface area contributed by atoms with E-state index in [9.17, 15) is 4.79 Å². The molecule has 5 nitrogen and oxygen atoms in total. The van der Waals surface area contributed by atoms with Gasteiger partial charge in [-0.1, -0.05) is 0 Å². The summed E-state index contributed by atoms with van der Waals surface area (Å²) in [5, 5.41) is 12.8. The van der Waals surface area contributed by atoms with Gasteiger partial charge in [0.2, 0.25) is 0 Å². The molecule has 0 aliphatic carbocycles. The van der Waals surface area contributed by atoms with Crippen LogP contribution in [0, 0.1) is 0 Å². The Morgan fingerprint density at radius 2 is 2.50 bits per heavy atom. The number of ether oxygens (including phenoxy) is 1. The van der Waals surface area contributed by atoms with Crippen LogP contribution in [0.4, 0.5) is 0 Å². The number of aromatic nitrogens is 2. The molecule has 0 saturated heterocycles. The van der Waals surface area contributed by atoms with Gasteiger partial charge in [0.1, 0.15) is 0 Å². The summed E-state index contributed by atoms with van der Waals surface area (Å²) in [5.41, 5.74) is 1.05. The first-order valence-corrected chi connectivity index (χ1v) is 4.06. The molecule has 0 fully saturated rings. The Bertz CT molecular complexity index is 355. The molecule has 0 amide bonds. The van der Waals surface area contributed by atoms with Crippen LogP contribution in [0.1, 0.15) is 5.56 Å². The Morgan fingerprint density at radius 3 is 2.93 bits per heavy atom. The number of rotatable bonds is 3. The third-order valence-electron chi connectivity index (χ3n) is 1.76. The Morgan fingerprint density at radius 1 is 1.79 bits per heavy atom. The van der Waals surface area contributed by atoms with Gasteiger partial charge in [0.15, 0.2) is 0 Å². The lowest BCUT2D eigenvalue weighted by atomic mass is 10.1. The van der Waals surface area contributed by atoms with Crippen molar-refractivity contribution in [3.8, 4) is 0 Å². The highest BCUT2D eigenvalue weighted by molar-refractivity contribution is 5.88. The summed E-state index contributed by atoms with van der Waals surface area (Å²) >= 11 is 0. The predicted molar refractivity (Wildman–Crippen MR) is 49.6 cm³/mol. The maximum Gasteiger partial charge on any atom is 0.337 e. The van der Waals surface area contributed by atoms with Gasteiger partial charge in [0.05, 0.1) is 25.1 Å². The van der Waals surface area contributed by atoms with E-state index >= 15 is 0 Å². The first kappa shape index (κ1) is 10.3. The van der Waals surface area contributed by atoms with Crippen LogP contribution in [-0.4, -0.2) is 28.0 Å². The molecule has 0 aliphatic heterocycles. The number of esters is 1. The molecule has 76 valence electrons. The Kier molecular flexibility index (Phi) is 3.28. The number of aliphatic hydroxyl groups is 1. The van der Waals surface area contributed by atoms with Crippen LogP contribution in [0.5, 0.6) is 0 Å². The number of carbonyl (C=O) groups excluding carboxylic acids is 1. The van der Waals surface area contributed by atoms with Crippen molar-refractivity contribution in [1.82, 2.24) is 9.78 Å². The van der Waals surface area contributed by atoms with Gasteiger partial charge in [-0.3, -0.25) is 4.68 Å². The Hall–Kier alpha value is -1.78. The number of aliphatic hydroxyl groups excluding tert-OH is 1. The fourth-order valence-corrected chi connectivity index (χ4v) is 1.08. The van der Waals surface area contributed by atoms with Crippen LogP contribution in [0.2, 0.25) is 0 Å². The minimum atomic E-state index is -0.531. The lowest BCUT2D eigenvalue weighted by Crippen LogP contribution is -2.07. The molecule has 0 saturated carbocycles. The van der Waals surface area contributed by atoms with Crippen molar-refractivity contribution in [2.24, 2.45) is 7.05 Å². The Balaban J connectivity index is 2.72. The number of hydrogen-bond acceptors (Lipinski definition) is 4. The van der Waals surface area contributed by atoms with Gasteiger partial charge >= 0.3 is 5.97 Å². The maximum absolute atomic E-state index is 11.1. The monoisotopic (exact) mass is 196 g/mol. The lowest BCUT2D eigenvalue weighted by Gasteiger charge is -2.00. The zero-order valence-electron chi connectivity index (χ0n) is 8.10. The first-order chi connectivity index (χ1) is 6.67. The molecule has 1 N–H and O–H groups in total. The van der Waals surface area contributed by atoms with Gasteiger partial charge in [-0.05, 0) is 5.56 Å². The van der Waals surface area contributed by atoms with Crippen molar-refractivity contribution >= 4 is 5.97 Å². The van der Waals surface area contributed by atoms with Crippen LogP contribution in [0.15, 0.2) is 24.2 Å². The number of hydrogen-bond donors (Lipinski definition) is 1. The van der Waals surface area contributed by atoms with Crippen molar-refractivity contribution < 1.29 is 14.6 Å². The van der Waals surface area contributed by atoms with Crippen LogP contribution in [0.3, 0.4) is 0 Å². The molecule has 1 aromatic rings. The van der Waals surface area contributed by atoms with Crippen LogP contribution >= 0.6 is 0 Å². The van der Waals surface area contributed by atoms with Crippen molar-refractivity contribution in [3.63, 3.8) is 0 Å². The molecule has 0 bridgehead atoms. The molecule has 5 heteroatoms. The molecule has 1 aromatic heterocycles. The average Bonchev–Trinajstić information content (AvgIpc) is 2.59. The van der Waals surface area contributed by atoms with Crippen molar-refractivity contribution in [2.75, 3.05) is 7.11 Å². The number of nitrogens with zero attached hydrogens (tertiary/aromatic N) is 2. The Labute approximate surface area is 81.6 Å².